The number of anilines is 3. The second kappa shape index (κ2) is 14.3. The molecule has 3 aliphatic rings. The Morgan fingerprint density at radius 2 is 0.903 bits per heavy atom. The van der Waals surface area contributed by atoms with Crippen molar-refractivity contribution >= 4 is 60.9 Å². The van der Waals surface area contributed by atoms with Gasteiger partial charge < -0.3 is 13.7 Å². The van der Waals surface area contributed by atoms with Crippen molar-refractivity contribution < 1.29 is 8.83 Å². The molecule has 344 valence electrons. The van der Waals surface area contributed by atoms with Crippen LogP contribution in [0.4, 0.5) is 17.1 Å². The van der Waals surface area contributed by atoms with Crippen molar-refractivity contribution in [1.82, 2.24) is 4.98 Å². The molecule has 0 saturated carbocycles. The second-order valence-corrected chi connectivity index (χ2v) is 21.8. The molecule has 0 saturated heterocycles. The molecule has 15 rings (SSSR count). The third-order valence-electron chi connectivity index (χ3n) is 17.0. The first-order valence-corrected chi connectivity index (χ1v) is 25.3. The van der Waals surface area contributed by atoms with Gasteiger partial charge in [-0.15, -0.1) is 0 Å². The van der Waals surface area contributed by atoms with Crippen LogP contribution in [0, 0.1) is 0 Å². The first-order chi connectivity index (χ1) is 35.0. The van der Waals surface area contributed by atoms with Crippen molar-refractivity contribution in [3.63, 3.8) is 0 Å². The van der Waals surface area contributed by atoms with Gasteiger partial charge in [-0.05, 0) is 157 Å². The van der Waals surface area contributed by atoms with Gasteiger partial charge in [0.25, 0.3) is 0 Å². The molecule has 0 unspecified atom stereocenters. The van der Waals surface area contributed by atoms with Crippen molar-refractivity contribution in [2.24, 2.45) is 0 Å². The van der Waals surface area contributed by atoms with E-state index in [4.69, 9.17) is 8.83 Å². The monoisotopic (exact) mass is 926 g/mol. The van der Waals surface area contributed by atoms with Gasteiger partial charge in [-0.3, -0.25) is 4.98 Å². The Hall–Kier alpha value is -8.47. The molecule has 0 amide bonds. The molecule has 0 fully saturated rings. The zero-order valence-corrected chi connectivity index (χ0v) is 41.2. The van der Waals surface area contributed by atoms with Crippen molar-refractivity contribution in [2.75, 3.05) is 4.90 Å². The van der Waals surface area contributed by atoms with Gasteiger partial charge in [-0.25, -0.2) is 0 Å². The number of nitrogens with zero attached hydrogens (tertiary/aromatic N) is 2. The highest BCUT2D eigenvalue weighted by Gasteiger charge is 2.44. The summed E-state index contributed by atoms with van der Waals surface area (Å²) in [4.78, 5) is 6.88. The fourth-order valence-electron chi connectivity index (χ4n) is 13.3. The molecular formula is C68H50N2O2. The van der Waals surface area contributed by atoms with Crippen LogP contribution in [0.5, 0.6) is 0 Å². The molecule has 0 spiro atoms. The van der Waals surface area contributed by atoms with Crippen molar-refractivity contribution in [1.29, 1.82) is 0 Å². The molecule has 12 aromatic rings. The maximum atomic E-state index is 6.80. The highest BCUT2D eigenvalue weighted by atomic mass is 16.3. The van der Waals surface area contributed by atoms with Gasteiger partial charge in [0, 0.05) is 72.7 Å². The van der Waals surface area contributed by atoms with Crippen LogP contribution < -0.4 is 4.90 Å². The van der Waals surface area contributed by atoms with E-state index in [2.05, 4.69) is 233 Å². The third kappa shape index (κ3) is 5.44. The van der Waals surface area contributed by atoms with E-state index in [9.17, 15) is 0 Å². The number of rotatable bonds is 5. The summed E-state index contributed by atoms with van der Waals surface area (Å²) in [6, 6.07) is 67.2. The van der Waals surface area contributed by atoms with Crippen LogP contribution in [-0.4, -0.2) is 4.98 Å². The number of hydrogen-bond acceptors (Lipinski definition) is 4. The topological polar surface area (TPSA) is 42.4 Å². The molecule has 4 heteroatoms. The molecule has 0 bridgehead atoms. The van der Waals surface area contributed by atoms with E-state index in [1.165, 1.54) is 94.0 Å². The molecular weight excluding hydrogens is 877 g/mol. The minimum absolute atomic E-state index is 0.185. The Morgan fingerprint density at radius 3 is 1.67 bits per heavy atom. The van der Waals surface area contributed by atoms with E-state index >= 15 is 0 Å². The summed E-state index contributed by atoms with van der Waals surface area (Å²) in [5.74, 6) is 0. The van der Waals surface area contributed by atoms with Gasteiger partial charge in [0.1, 0.15) is 22.3 Å². The predicted molar refractivity (Wildman–Crippen MR) is 297 cm³/mol. The quantitative estimate of drug-likeness (QED) is 0.172. The first kappa shape index (κ1) is 41.3. The lowest BCUT2D eigenvalue weighted by Gasteiger charge is -2.31. The van der Waals surface area contributed by atoms with Gasteiger partial charge >= 0.3 is 0 Å². The number of para-hydroxylation sites is 3. The maximum absolute atomic E-state index is 6.80. The SMILES string of the molecule is CC1(C)c2cc(N(c3ccc4c(c3)C(C)(C)c3cc(-c5ccncc5)c5oc6ccccc6c5c3-4)c3ccccc3-c3ccccc3)ccc2-c2cc3c(cc21)-c1c(ccc2oc4ccccc4c12)C3(C)C. The Kier molecular flexibility index (Phi) is 8.23. The summed E-state index contributed by atoms with van der Waals surface area (Å²) in [7, 11) is 0. The summed E-state index contributed by atoms with van der Waals surface area (Å²) in [6.45, 7) is 14.4. The molecule has 3 heterocycles. The summed E-state index contributed by atoms with van der Waals surface area (Å²) in [5.41, 5.74) is 26.6. The fraction of sp³-hybridized carbons (Fsp3) is 0.132. The van der Waals surface area contributed by atoms with Crippen LogP contribution in [0.2, 0.25) is 0 Å². The second-order valence-electron chi connectivity index (χ2n) is 21.8. The van der Waals surface area contributed by atoms with E-state index in [1.807, 2.05) is 12.4 Å². The molecule has 3 aromatic heterocycles. The standard InChI is InChI=1S/C68H50N2O2/c1-66(2)51-28-29-60-63(46-19-11-14-22-58(46)71-60)62(51)50-38-54-49(37-55(50)66)44-26-24-41(34-52(44)67(54,3)4)70(57-21-13-10-18-43(57)39-16-8-7-9-17-39)42-25-27-45-53(35-42)68(5,6)56-36-48(40-30-32-69-33-31-40)65-64(61(45)56)47-20-12-15-23-59(47)72-65/h7-38H,1-6H3. The van der Waals surface area contributed by atoms with Crippen molar-refractivity contribution in [3.05, 3.63) is 228 Å². The minimum atomic E-state index is -0.331. The van der Waals surface area contributed by atoms with Crippen LogP contribution in [-0.2, 0) is 16.2 Å². The third-order valence-corrected chi connectivity index (χ3v) is 17.0. The Bertz CT molecular complexity index is 4300. The zero-order chi connectivity index (χ0) is 48.4. The van der Waals surface area contributed by atoms with Crippen LogP contribution in [0.3, 0.4) is 0 Å². The predicted octanol–water partition coefficient (Wildman–Crippen LogP) is 18.6. The number of fused-ring (bicyclic) bond motifs is 17. The number of pyridine rings is 1. The largest absolute Gasteiger partial charge is 0.456 e. The average molecular weight is 927 g/mol. The molecule has 4 nitrogen and oxygen atoms in total. The van der Waals surface area contributed by atoms with E-state index in [0.29, 0.717) is 0 Å². The van der Waals surface area contributed by atoms with Gasteiger partial charge in [-0.1, -0.05) is 145 Å². The van der Waals surface area contributed by atoms with Crippen LogP contribution >= 0.6 is 0 Å². The molecule has 0 atom stereocenters. The van der Waals surface area contributed by atoms with Crippen molar-refractivity contribution in [3.8, 4) is 55.6 Å². The summed E-state index contributed by atoms with van der Waals surface area (Å²) < 4.78 is 13.3. The Labute approximate surface area is 418 Å². The number of furan rings is 2. The zero-order valence-electron chi connectivity index (χ0n) is 41.2. The van der Waals surface area contributed by atoms with E-state index < -0.39 is 0 Å². The highest BCUT2D eigenvalue weighted by Crippen LogP contribution is 2.60. The highest BCUT2D eigenvalue weighted by molar-refractivity contribution is 6.19. The Balaban J connectivity index is 0.924. The minimum Gasteiger partial charge on any atom is -0.456 e. The smallest absolute Gasteiger partial charge is 0.143 e. The molecule has 9 aromatic carbocycles. The lowest BCUT2D eigenvalue weighted by Crippen LogP contribution is -2.18. The van der Waals surface area contributed by atoms with E-state index in [0.717, 1.165) is 55.9 Å². The molecule has 72 heavy (non-hydrogen) atoms. The lowest BCUT2D eigenvalue weighted by molar-refractivity contribution is 0.651. The van der Waals surface area contributed by atoms with Crippen LogP contribution in [0.25, 0.3) is 99.5 Å². The van der Waals surface area contributed by atoms with Gasteiger partial charge in [0.2, 0.25) is 0 Å². The molecule has 0 radical (unpaired) electrons. The molecule has 0 aliphatic heterocycles. The molecule has 0 N–H and O–H groups in total. The van der Waals surface area contributed by atoms with Gasteiger partial charge in [0.05, 0.1) is 5.69 Å². The summed E-state index contributed by atoms with van der Waals surface area (Å²) in [6.07, 6.45) is 3.74. The maximum Gasteiger partial charge on any atom is 0.143 e. The van der Waals surface area contributed by atoms with Crippen LogP contribution in [0.15, 0.2) is 203 Å². The number of benzene rings is 9. The number of hydrogen-bond donors (Lipinski definition) is 0. The Morgan fingerprint density at radius 1 is 0.361 bits per heavy atom. The van der Waals surface area contributed by atoms with Crippen LogP contribution in [0.1, 0.15) is 74.9 Å². The fourth-order valence-corrected chi connectivity index (χ4v) is 13.3. The normalized spacial score (nSPS) is 15.1. The van der Waals surface area contributed by atoms with Gasteiger partial charge in [0.15, 0.2) is 0 Å². The summed E-state index contributed by atoms with van der Waals surface area (Å²) >= 11 is 0. The lowest BCUT2D eigenvalue weighted by atomic mass is 9.79. The summed E-state index contributed by atoms with van der Waals surface area (Å²) in [5, 5.41) is 4.69. The van der Waals surface area contributed by atoms with E-state index in [-0.39, 0.29) is 16.2 Å². The average Bonchev–Trinajstić information content (AvgIpc) is 4.16. The van der Waals surface area contributed by atoms with E-state index in [1.54, 1.807) is 0 Å². The number of aromatic nitrogens is 1. The first-order valence-electron chi connectivity index (χ1n) is 25.3. The van der Waals surface area contributed by atoms with Crippen molar-refractivity contribution in [2.45, 2.75) is 57.8 Å². The van der Waals surface area contributed by atoms with Gasteiger partial charge in [-0.2, -0.15) is 0 Å². The molecule has 3 aliphatic carbocycles.